The van der Waals surface area contributed by atoms with E-state index >= 15 is 0 Å². The number of nitrogens with zero attached hydrogens (tertiary/aromatic N) is 3. The monoisotopic (exact) mass is 231 g/mol. The van der Waals surface area contributed by atoms with E-state index < -0.39 is 0 Å². The van der Waals surface area contributed by atoms with Gasteiger partial charge in [-0.15, -0.1) is 0 Å². The Morgan fingerprint density at radius 1 is 1.12 bits per heavy atom. The maximum atomic E-state index is 13.6. The Balaban J connectivity index is 2.37. The van der Waals surface area contributed by atoms with Gasteiger partial charge in [-0.25, -0.2) is 14.4 Å². The first-order chi connectivity index (χ1) is 8.16. The summed E-state index contributed by atoms with van der Waals surface area (Å²) in [6.07, 6.45) is 4.92. The lowest BCUT2D eigenvalue weighted by Crippen LogP contribution is -2.12. The van der Waals surface area contributed by atoms with Gasteiger partial charge >= 0.3 is 0 Å². The van der Waals surface area contributed by atoms with Crippen molar-refractivity contribution in [1.82, 2.24) is 14.9 Å². The van der Waals surface area contributed by atoms with Crippen LogP contribution in [-0.2, 0) is 6.54 Å². The minimum atomic E-state index is -0.181. The maximum absolute atomic E-state index is 13.6. The van der Waals surface area contributed by atoms with E-state index in [0.717, 1.165) is 11.1 Å². The summed E-state index contributed by atoms with van der Waals surface area (Å²) in [6, 6.07) is 5.07. The Morgan fingerprint density at radius 2 is 1.82 bits per heavy atom. The summed E-state index contributed by atoms with van der Waals surface area (Å²) in [7, 11) is 3.83. The molecule has 1 aromatic carbocycles. The van der Waals surface area contributed by atoms with Crippen LogP contribution in [0.25, 0.3) is 11.1 Å². The molecule has 0 saturated carbocycles. The molecule has 88 valence electrons. The lowest BCUT2D eigenvalue weighted by atomic mass is 10.1. The Morgan fingerprint density at radius 3 is 2.47 bits per heavy atom. The van der Waals surface area contributed by atoms with E-state index in [4.69, 9.17) is 0 Å². The molecule has 3 nitrogen and oxygen atoms in total. The third kappa shape index (κ3) is 2.85. The summed E-state index contributed by atoms with van der Waals surface area (Å²) in [5.74, 6) is -0.181. The average molecular weight is 231 g/mol. The Kier molecular flexibility index (Phi) is 3.44. The van der Waals surface area contributed by atoms with E-state index in [-0.39, 0.29) is 5.82 Å². The fraction of sp³-hybridized carbons (Fsp3) is 0.231. The molecule has 0 aliphatic rings. The first-order valence-corrected chi connectivity index (χ1v) is 5.35. The molecule has 0 unspecified atom stereocenters. The molecule has 0 amide bonds. The van der Waals surface area contributed by atoms with Gasteiger partial charge in [0.1, 0.15) is 12.1 Å². The van der Waals surface area contributed by atoms with E-state index in [1.54, 1.807) is 18.5 Å². The minimum absolute atomic E-state index is 0.181. The van der Waals surface area contributed by atoms with Crippen molar-refractivity contribution in [3.05, 3.63) is 48.3 Å². The molecule has 1 heterocycles. The second-order valence-electron chi connectivity index (χ2n) is 4.17. The molecule has 1 aromatic heterocycles. The normalized spacial score (nSPS) is 10.8. The van der Waals surface area contributed by atoms with Gasteiger partial charge in [0, 0.05) is 30.1 Å². The van der Waals surface area contributed by atoms with Crippen LogP contribution in [0.5, 0.6) is 0 Å². The molecule has 0 N–H and O–H groups in total. The van der Waals surface area contributed by atoms with Gasteiger partial charge < -0.3 is 4.90 Å². The van der Waals surface area contributed by atoms with Crippen LogP contribution in [-0.4, -0.2) is 29.0 Å². The zero-order chi connectivity index (χ0) is 12.3. The van der Waals surface area contributed by atoms with E-state index in [0.29, 0.717) is 12.1 Å². The van der Waals surface area contributed by atoms with Crippen molar-refractivity contribution in [1.29, 1.82) is 0 Å². The molecule has 0 aliphatic heterocycles. The van der Waals surface area contributed by atoms with E-state index in [9.17, 15) is 4.39 Å². The van der Waals surface area contributed by atoms with Crippen LogP contribution in [0.3, 0.4) is 0 Å². The van der Waals surface area contributed by atoms with E-state index in [1.807, 2.05) is 25.1 Å². The van der Waals surface area contributed by atoms with Crippen LogP contribution in [0.2, 0.25) is 0 Å². The maximum Gasteiger partial charge on any atom is 0.127 e. The third-order valence-electron chi connectivity index (χ3n) is 2.43. The smallest absolute Gasteiger partial charge is 0.127 e. The van der Waals surface area contributed by atoms with Crippen LogP contribution in [0, 0.1) is 5.82 Å². The fourth-order valence-electron chi connectivity index (χ4n) is 1.66. The highest BCUT2D eigenvalue weighted by atomic mass is 19.1. The first-order valence-electron chi connectivity index (χ1n) is 5.35. The van der Waals surface area contributed by atoms with Crippen LogP contribution in [0.1, 0.15) is 5.56 Å². The van der Waals surface area contributed by atoms with Gasteiger partial charge in [-0.2, -0.15) is 0 Å². The summed E-state index contributed by atoms with van der Waals surface area (Å²) in [5, 5.41) is 0. The summed E-state index contributed by atoms with van der Waals surface area (Å²) in [5.41, 5.74) is 2.51. The van der Waals surface area contributed by atoms with Gasteiger partial charge in [-0.1, -0.05) is 6.07 Å². The van der Waals surface area contributed by atoms with Crippen LogP contribution in [0.15, 0.2) is 36.9 Å². The molecule has 2 rings (SSSR count). The Hall–Kier alpha value is -1.81. The molecule has 17 heavy (non-hydrogen) atoms. The predicted octanol–water partition coefficient (Wildman–Crippen LogP) is 2.34. The second-order valence-corrected chi connectivity index (χ2v) is 4.17. The summed E-state index contributed by atoms with van der Waals surface area (Å²) in [6.45, 7) is 0.577. The molecule has 0 spiro atoms. The van der Waals surface area contributed by atoms with Crippen molar-refractivity contribution in [3.63, 3.8) is 0 Å². The molecular formula is C13H14FN3. The number of hydrogen-bond acceptors (Lipinski definition) is 3. The SMILES string of the molecule is CN(C)Cc1cc(-c2cncnc2)ccc1F. The van der Waals surface area contributed by atoms with Crippen molar-refractivity contribution in [2.24, 2.45) is 0 Å². The van der Waals surface area contributed by atoms with Gasteiger partial charge in [-0.3, -0.25) is 0 Å². The Labute approximate surface area is 99.9 Å². The largest absolute Gasteiger partial charge is 0.305 e. The van der Waals surface area contributed by atoms with Gasteiger partial charge in [0.05, 0.1) is 0 Å². The summed E-state index contributed by atoms with van der Waals surface area (Å²) >= 11 is 0. The first kappa shape index (κ1) is 11.7. The molecule has 0 saturated heterocycles. The van der Waals surface area contributed by atoms with E-state index in [1.165, 1.54) is 12.4 Å². The van der Waals surface area contributed by atoms with Crippen LogP contribution >= 0.6 is 0 Å². The van der Waals surface area contributed by atoms with Crippen LogP contribution in [0.4, 0.5) is 4.39 Å². The van der Waals surface area contributed by atoms with Crippen molar-refractivity contribution in [3.8, 4) is 11.1 Å². The number of benzene rings is 1. The number of aromatic nitrogens is 2. The molecule has 0 radical (unpaired) electrons. The molecule has 0 fully saturated rings. The summed E-state index contributed by atoms with van der Waals surface area (Å²) in [4.78, 5) is 9.85. The number of hydrogen-bond donors (Lipinski definition) is 0. The highest BCUT2D eigenvalue weighted by Gasteiger charge is 2.06. The predicted molar refractivity (Wildman–Crippen MR) is 64.8 cm³/mol. The van der Waals surface area contributed by atoms with E-state index in [2.05, 4.69) is 9.97 Å². The van der Waals surface area contributed by atoms with Crippen molar-refractivity contribution >= 4 is 0 Å². The Bertz CT molecular complexity index is 497. The highest BCUT2D eigenvalue weighted by Crippen LogP contribution is 2.21. The number of halogens is 1. The molecule has 2 aromatic rings. The zero-order valence-corrected chi connectivity index (χ0v) is 9.89. The molecule has 0 atom stereocenters. The quantitative estimate of drug-likeness (QED) is 0.812. The number of rotatable bonds is 3. The standard InChI is InChI=1S/C13H14FN3/c1-17(2)8-11-5-10(3-4-13(11)14)12-6-15-9-16-7-12/h3-7,9H,8H2,1-2H3. The van der Waals surface area contributed by atoms with Crippen molar-refractivity contribution in [2.45, 2.75) is 6.54 Å². The third-order valence-corrected chi connectivity index (χ3v) is 2.43. The van der Waals surface area contributed by atoms with Gasteiger partial charge in [0.2, 0.25) is 0 Å². The van der Waals surface area contributed by atoms with Crippen molar-refractivity contribution < 1.29 is 4.39 Å². The lowest BCUT2D eigenvalue weighted by molar-refractivity contribution is 0.392. The highest BCUT2D eigenvalue weighted by molar-refractivity contribution is 5.62. The minimum Gasteiger partial charge on any atom is -0.305 e. The zero-order valence-electron chi connectivity index (χ0n) is 9.89. The molecular weight excluding hydrogens is 217 g/mol. The lowest BCUT2D eigenvalue weighted by Gasteiger charge is -2.11. The van der Waals surface area contributed by atoms with Gasteiger partial charge in [-0.05, 0) is 31.8 Å². The summed E-state index contributed by atoms with van der Waals surface area (Å²) < 4.78 is 13.6. The van der Waals surface area contributed by atoms with Gasteiger partial charge in [0.25, 0.3) is 0 Å². The van der Waals surface area contributed by atoms with Gasteiger partial charge in [0.15, 0.2) is 0 Å². The van der Waals surface area contributed by atoms with Crippen LogP contribution < -0.4 is 0 Å². The average Bonchev–Trinajstić information content (AvgIpc) is 2.32. The molecule has 0 aliphatic carbocycles. The fourth-order valence-corrected chi connectivity index (χ4v) is 1.66. The molecule has 0 bridgehead atoms. The second kappa shape index (κ2) is 5.01. The topological polar surface area (TPSA) is 29.0 Å². The van der Waals surface area contributed by atoms with Crippen molar-refractivity contribution in [2.75, 3.05) is 14.1 Å². The molecule has 4 heteroatoms.